The largest absolute Gasteiger partial charge is 0.497 e. The first kappa shape index (κ1) is 15.8. The predicted molar refractivity (Wildman–Crippen MR) is 101 cm³/mol. The van der Waals surface area contributed by atoms with Crippen LogP contribution in [0.1, 0.15) is 26.5 Å². The molecule has 1 aliphatic rings. The van der Waals surface area contributed by atoms with Crippen molar-refractivity contribution in [2.45, 2.75) is 32.9 Å². The third kappa shape index (κ3) is 2.58. The number of fused-ring (bicyclic) bond motifs is 3. The van der Waals surface area contributed by atoms with Crippen molar-refractivity contribution in [2.75, 3.05) is 12.0 Å². The number of ether oxygens (including phenoxy) is 1. The van der Waals surface area contributed by atoms with Crippen LogP contribution in [0.5, 0.6) is 5.75 Å². The van der Waals surface area contributed by atoms with Crippen LogP contribution in [0.25, 0.3) is 16.9 Å². The number of aromatic nitrogens is 2. The summed E-state index contributed by atoms with van der Waals surface area (Å²) in [5, 5.41) is 0. The molecule has 0 amide bonds. The van der Waals surface area contributed by atoms with Crippen molar-refractivity contribution >= 4 is 5.69 Å². The van der Waals surface area contributed by atoms with E-state index >= 15 is 0 Å². The van der Waals surface area contributed by atoms with E-state index in [2.05, 4.69) is 66.6 Å². The maximum Gasteiger partial charge on any atom is 0.118 e. The van der Waals surface area contributed by atoms with Crippen molar-refractivity contribution < 1.29 is 4.74 Å². The summed E-state index contributed by atoms with van der Waals surface area (Å²) in [6.45, 7) is 7.59. The van der Waals surface area contributed by atoms with Crippen molar-refractivity contribution in [1.82, 2.24) is 9.55 Å². The van der Waals surface area contributed by atoms with E-state index in [1.165, 1.54) is 17.1 Å². The molecule has 4 heteroatoms. The minimum Gasteiger partial charge on any atom is -0.497 e. The van der Waals surface area contributed by atoms with Crippen LogP contribution in [-0.4, -0.2) is 22.2 Å². The maximum absolute atomic E-state index is 5.27. The summed E-state index contributed by atoms with van der Waals surface area (Å²) in [7, 11) is 1.69. The Hall–Kier alpha value is -2.75. The van der Waals surface area contributed by atoms with Crippen LogP contribution in [0.3, 0.4) is 0 Å². The van der Waals surface area contributed by atoms with Crippen LogP contribution in [0.15, 0.2) is 54.9 Å². The Labute approximate surface area is 148 Å². The maximum atomic E-state index is 5.27. The zero-order valence-corrected chi connectivity index (χ0v) is 15.2. The molecule has 2 aromatic carbocycles. The van der Waals surface area contributed by atoms with Crippen LogP contribution in [0, 0.1) is 0 Å². The molecular weight excluding hydrogens is 310 g/mol. The van der Waals surface area contributed by atoms with Gasteiger partial charge in [0.25, 0.3) is 0 Å². The standard InChI is InChI=1S/C21H23N3O/c1-21(2,3)24-13-19-20(15-9-11-16(25-4)12-10-15)22-14-23(19)17-7-5-6-8-18(17)24/h5-12,14H,13H2,1-4H3. The molecule has 0 saturated heterocycles. The van der Waals surface area contributed by atoms with Gasteiger partial charge in [-0.25, -0.2) is 4.98 Å². The van der Waals surface area contributed by atoms with Crippen LogP contribution in [0.4, 0.5) is 5.69 Å². The van der Waals surface area contributed by atoms with Gasteiger partial charge in [0.05, 0.1) is 36.4 Å². The number of para-hydroxylation sites is 2. The average Bonchev–Trinajstić information content (AvgIpc) is 3.04. The van der Waals surface area contributed by atoms with Crippen LogP contribution in [0.2, 0.25) is 0 Å². The Balaban J connectivity index is 1.86. The first-order valence-corrected chi connectivity index (χ1v) is 8.57. The third-order valence-electron chi connectivity index (χ3n) is 4.78. The molecule has 4 rings (SSSR count). The summed E-state index contributed by atoms with van der Waals surface area (Å²) >= 11 is 0. The molecule has 0 bridgehead atoms. The molecule has 25 heavy (non-hydrogen) atoms. The first-order chi connectivity index (χ1) is 12.0. The lowest BCUT2D eigenvalue weighted by atomic mass is 10.00. The fourth-order valence-corrected chi connectivity index (χ4v) is 3.45. The molecular formula is C21H23N3O. The van der Waals surface area contributed by atoms with Crippen molar-refractivity contribution in [3.8, 4) is 22.7 Å². The van der Waals surface area contributed by atoms with Crippen LogP contribution >= 0.6 is 0 Å². The molecule has 4 nitrogen and oxygen atoms in total. The highest BCUT2D eigenvalue weighted by Crippen LogP contribution is 2.39. The van der Waals surface area contributed by atoms with Gasteiger partial charge in [0, 0.05) is 11.1 Å². The minimum atomic E-state index is 0.0306. The van der Waals surface area contributed by atoms with Gasteiger partial charge < -0.3 is 9.64 Å². The van der Waals surface area contributed by atoms with Gasteiger partial charge in [0.2, 0.25) is 0 Å². The number of rotatable bonds is 2. The number of anilines is 1. The normalized spacial score (nSPS) is 13.4. The summed E-state index contributed by atoms with van der Waals surface area (Å²) < 4.78 is 7.49. The van der Waals surface area contributed by atoms with Crippen molar-refractivity contribution in [3.05, 3.63) is 60.6 Å². The lowest BCUT2D eigenvalue weighted by Gasteiger charge is -2.42. The number of benzene rings is 2. The Kier molecular flexibility index (Phi) is 3.57. The minimum absolute atomic E-state index is 0.0306. The first-order valence-electron chi connectivity index (χ1n) is 8.57. The molecule has 1 aliphatic heterocycles. The molecule has 0 atom stereocenters. The molecule has 128 valence electrons. The van der Waals surface area contributed by atoms with Gasteiger partial charge in [-0.2, -0.15) is 0 Å². The molecule has 0 aliphatic carbocycles. The third-order valence-corrected chi connectivity index (χ3v) is 4.78. The molecule has 0 spiro atoms. The van der Waals surface area contributed by atoms with Gasteiger partial charge >= 0.3 is 0 Å². The molecule has 0 saturated carbocycles. The Bertz CT molecular complexity index is 904. The molecule has 2 heterocycles. The zero-order valence-electron chi connectivity index (χ0n) is 15.2. The van der Waals surface area contributed by atoms with Crippen LogP contribution in [-0.2, 0) is 6.54 Å². The summed E-state index contributed by atoms with van der Waals surface area (Å²) in [6.07, 6.45) is 1.94. The predicted octanol–water partition coefficient (Wildman–Crippen LogP) is 4.67. The van der Waals surface area contributed by atoms with Gasteiger partial charge in [-0.05, 0) is 57.2 Å². The van der Waals surface area contributed by atoms with E-state index in [1.54, 1.807) is 7.11 Å². The van der Waals surface area contributed by atoms with E-state index in [0.29, 0.717) is 0 Å². The smallest absolute Gasteiger partial charge is 0.118 e. The molecule has 0 unspecified atom stereocenters. The van der Waals surface area contributed by atoms with E-state index in [0.717, 1.165) is 23.6 Å². The van der Waals surface area contributed by atoms with Crippen molar-refractivity contribution in [1.29, 1.82) is 0 Å². The van der Waals surface area contributed by atoms with E-state index in [-0.39, 0.29) is 5.54 Å². The lowest BCUT2D eigenvalue weighted by molar-refractivity contribution is 0.415. The highest BCUT2D eigenvalue weighted by Gasteiger charge is 2.31. The summed E-state index contributed by atoms with van der Waals surface area (Å²) in [5.41, 5.74) is 5.84. The fraction of sp³-hybridized carbons (Fsp3) is 0.286. The Morgan fingerprint density at radius 2 is 1.64 bits per heavy atom. The monoisotopic (exact) mass is 333 g/mol. The van der Waals surface area contributed by atoms with Gasteiger partial charge in [-0.15, -0.1) is 0 Å². The van der Waals surface area contributed by atoms with Gasteiger partial charge in [0.1, 0.15) is 12.1 Å². The summed E-state index contributed by atoms with van der Waals surface area (Å²) in [5.74, 6) is 0.860. The summed E-state index contributed by atoms with van der Waals surface area (Å²) in [4.78, 5) is 7.19. The summed E-state index contributed by atoms with van der Waals surface area (Å²) in [6, 6.07) is 16.7. The SMILES string of the molecule is COc1ccc(-c2ncn3c2CN(C(C)(C)C)c2ccccc2-3)cc1. The zero-order chi connectivity index (χ0) is 17.6. The highest BCUT2D eigenvalue weighted by molar-refractivity contribution is 5.72. The van der Waals surface area contributed by atoms with E-state index in [1.807, 2.05) is 18.5 Å². The fourth-order valence-electron chi connectivity index (χ4n) is 3.45. The number of imidazole rings is 1. The van der Waals surface area contributed by atoms with E-state index < -0.39 is 0 Å². The second kappa shape index (κ2) is 5.66. The molecule has 1 aromatic heterocycles. The Morgan fingerprint density at radius 1 is 0.960 bits per heavy atom. The number of hydrogen-bond acceptors (Lipinski definition) is 3. The Morgan fingerprint density at radius 3 is 2.28 bits per heavy atom. The van der Waals surface area contributed by atoms with Gasteiger partial charge in [-0.1, -0.05) is 12.1 Å². The van der Waals surface area contributed by atoms with Crippen LogP contribution < -0.4 is 9.64 Å². The number of hydrogen-bond donors (Lipinski definition) is 0. The number of nitrogens with zero attached hydrogens (tertiary/aromatic N) is 3. The second-order valence-electron chi connectivity index (χ2n) is 7.38. The van der Waals surface area contributed by atoms with Crippen molar-refractivity contribution in [3.63, 3.8) is 0 Å². The number of methoxy groups -OCH3 is 1. The van der Waals surface area contributed by atoms with E-state index in [9.17, 15) is 0 Å². The van der Waals surface area contributed by atoms with E-state index in [4.69, 9.17) is 9.72 Å². The highest BCUT2D eigenvalue weighted by atomic mass is 16.5. The second-order valence-corrected chi connectivity index (χ2v) is 7.38. The lowest BCUT2D eigenvalue weighted by Crippen LogP contribution is -2.43. The topological polar surface area (TPSA) is 30.3 Å². The average molecular weight is 333 g/mol. The molecule has 0 fully saturated rings. The molecule has 0 N–H and O–H groups in total. The van der Waals surface area contributed by atoms with Gasteiger partial charge in [0.15, 0.2) is 0 Å². The molecule has 3 aromatic rings. The molecule has 0 radical (unpaired) electrons. The quantitative estimate of drug-likeness (QED) is 0.683. The van der Waals surface area contributed by atoms with Crippen molar-refractivity contribution in [2.24, 2.45) is 0 Å². The van der Waals surface area contributed by atoms with Gasteiger partial charge in [-0.3, -0.25) is 4.57 Å².